The van der Waals surface area contributed by atoms with Gasteiger partial charge in [0.1, 0.15) is 11.9 Å². The van der Waals surface area contributed by atoms with Gasteiger partial charge in [-0.05, 0) is 38.0 Å². The molecule has 1 N–H and O–H groups in total. The van der Waals surface area contributed by atoms with Gasteiger partial charge in [-0.1, -0.05) is 60.7 Å². The predicted octanol–water partition coefficient (Wildman–Crippen LogP) is 5.29. The summed E-state index contributed by atoms with van der Waals surface area (Å²) in [5.41, 5.74) is 1.26. The van der Waals surface area contributed by atoms with Crippen LogP contribution in [0.25, 0.3) is 0 Å². The van der Waals surface area contributed by atoms with Crippen LogP contribution in [0.15, 0.2) is 78.9 Å². The van der Waals surface area contributed by atoms with Gasteiger partial charge in [0.2, 0.25) is 0 Å². The lowest BCUT2D eigenvalue weighted by Crippen LogP contribution is -2.40. The predicted molar refractivity (Wildman–Crippen MR) is 116 cm³/mol. The molecule has 0 aliphatic carbocycles. The summed E-state index contributed by atoms with van der Waals surface area (Å²) in [4.78, 5) is 23.6. The van der Waals surface area contributed by atoms with Crippen molar-refractivity contribution in [2.75, 3.05) is 0 Å². The van der Waals surface area contributed by atoms with Gasteiger partial charge in [-0.3, -0.25) is 14.9 Å². The normalized spacial score (nSPS) is 11.2. The summed E-state index contributed by atoms with van der Waals surface area (Å²) in [6.45, 7) is 5.54. The van der Waals surface area contributed by atoms with E-state index in [4.69, 9.17) is 4.74 Å². The molecule has 0 fully saturated rings. The standard InChI is InChI=1S/C24H24N2O4/c1-24(2,3)25-23(27)20-16-19(26(28)29)14-15-21(20)30-22(17-10-6-4-7-11-17)18-12-8-5-9-13-18/h4-16,22H,1-3H3,(H,25,27). The first-order chi connectivity index (χ1) is 14.2. The van der Waals surface area contributed by atoms with Crippen LogP contribution in [0.5, 0.6) is 5.75 Å². The average molecular weight is 404 g/mol. The number of ether oxygens (including phenoxy) is 1. The zero-order valence-corrected chi connectivity index (χ0v) is 17.2. The fourth-order valence-electron chi connectivity index (χ4n) is 3.03. The smallest absolute Gasteiger partial charge is 0.270 e. The molecule has 0 aromatic heterocycles. The van der Waals surface area contributed by atoms with Gasteiger partial charge in [0.05, 0.1) is 10.5 Å². The van der Waals surface area contributed by atoms with Crippen LogP contribution in [0, 0.1) is 10.1 Å². The highest BCUT2D eigenvalue weighted by Gasteiger charge is 2.24. The van der Waals surface area contributed by atoms with Crippen LogP contribution in [-0.4, -0.2) is 16.4 Å². The Kier molecular flexibility index (Phi) is 6.16. The molecule has 0 aliphatic heterocycles. The maximum Gasteiger partial charge on any atom is 0.270 e. The molecule has 30 heavy (non-hydrogen) atoms. The molecule has 154 valence electrons. The minimum Gasteiger partial charge on any atom is -0.480 e. The number of nitrogens with zero attached hydrogens (tertiary/aromatic N) is 1. The van der Waals surface area contributed by atoms with Gasteiger partial charge in [-0.25, -0.2) is 0 Å². The number of carbonyl (C=O) groups is 1. The van der Waals surface area contributed by atoms with Crippen LogP contribution in [-0.2, 0) is 0 Å². The van der Waals surface area contributed by atoms with Crippen molar-refractivity contribution in [3.05, 3.63) is 106 Å². The molecular weight excluding hydrogens is 380 g/mol. The van der Waals surface area contributed by atoms with E-state index in [-0.39, 0.29) is 17.0 Å². The second kappa shape index (κ2) is 8.78. The van der Waals surface area contributed by atoms with E-state index in [9.17, 15) is 14.9 Å². The van der Waals surface area contributed by atoms with Crippen molar-refractivity contribution in [1.82, 2.24) is 5.32 Å². The highest BCUT2D eigenvalue weighted by atomic mass is 16.6. The lowest BCUT2D eigenvalue weighted by molar-refractivity contribution is -0.384. The van der Waals surface area contributed by atoms with Crippen LogP contribution in [0.3, 0.4) is 0 Å². The van der Waals surface area contributed by atoms with Gasteiger partial charge in [-0.2, -0.15) is 0 Å². The third kappa shape index (κ3) is 5.23. The Labute approximate surface area is 175 Å². The maximum atomic E-state index is 12.9. The Morgan fingerprint density at radius 3 is 1.93 bits per heavy atom. The highest BCUT2D eigenvalue weighted by Crippen LogP contribution is 2.32. The molecule has 3 rings (SSSR count). The van der Waals surface area contributed by atoms with Gasteiger partial charge in [0.15, 0.2) is 0 Å². The maximum absolute atomic E-state index is 12.9. The third-order valence-corrected chi connectivity index (χ3v) is 4.36. The van der Waals surface area contributed by atoms with Crippen molar-refractivity contribution < 1.29 is 14.5 Å². The van der Waals surface area contributed by atoms with Gasteiger partial charge in [0, 0.05) is 17.7 Å². The largest absolute Gasteiger partial charge is 0.480 e. The Hall–Kier alpha value is -3.67. The zero-order valence-electron chi connectivity index (χ0n) is 17.2. The molecule has 0 unspecified atom stereocenters. The van der Waals surface area contributed by atoms with E-state index in [1.165, 1.54) is 18.2 Å². The summed E-state index contributed by atoms with van der Waals surface area (Å²) >= 11 is 0. The first kappa shape index (κ1) is 21.0. The first-order valence-electron chi connectivity index (χ1n) is 9.62. The van der Waals surface area contributed by atoms with E-state index in [0.29, 0.717) is 0 Å². The van der Waals surface area contributed by atoms with Crippen LogP contribution in [0.1, 0.15) is 48.4 Å². The Morgan fingerprint density at radius 1 is 0.933 bits per heavy atom. The minimum absolute atomic E-state index is 0.121. The number of benzene rings is 3. The summed E-state index contributed by atoms with van der Waals surface area (Å²) < 4.78 is 6.30. The number of nitro benzene ring substituents is 1. The molecule has 6 heteroatoms. The van der Waals surface area contributed by atoms with Crippen molar-refractivity contribution >= 4 is 11.6 Å². The van der Waals surface area contributed by atoms with E-state index >= 15 is 0 Å². The number of amides is 1. The molecule has 0 spiro atoms. The quantitative estimate of drug-likeness (QED) is 0.447. The molecule has 0 saturated carbocycles. The number of nitro groups is 1. The summed E-state index contributed by atoms with van der Waals surface area (Å²) in [7, 11) is 0. The van der Waals surface area contributed by atoms with Crippen molar-refractivity contribution in [2.24, 2.45) is 0 Å². The summed E-state index contributed by atoms with van der Waals surface area (Å²) in [5.74, 6) is -0.152. The first-order valence-corrected chi connectivity index (χ1v) is 9.62. The summed E-state index contributed by atoms with van der Waals surface area (Å²) in [6, 6.07) is 23.3. The molecule has 3 aromatic carbocycles. The molecule has 0 saturated heterocycles. The summed E-state index contributed by atoms with van der Waals surface area (Å²) in [5, 5.41) is 14.1. The van der Waals surface area contributed by atoms with E-state index in [1.54, 1.807) is 0 Å². The van der Waals surface area contributed by atoms with Gasteiger partial charge in [0.25, 0.3) is 11.6 Å². The molecule has 0 bridgehead atoms. The SMILES string of the molecule is CC(C)(C)NC(=O)c1cc([N+](=O)[O-])ccc1OC(c1ccccc1)c1ccccc1. The Morgan fingerprint density at radius 2 is 1.47 bits per heavy atom. The van der Waals surface area contributed by atoms with Gasteiger partial charge in [-0.15, -0.1) is 0 Å². The molecule has 0 aliphatic rings. The topological polar surface area (TPSA) is 81.5 Å². The van der Waals surface area contributed by atoms with Gasteiger partial charge < -0.3 is 10.1 Å². The van der Waals surface area contributed by atoms with Crippen molar-refractivity contribution in [3.63, 3.8) is 0 Å². The molecule has 0 radical (unpaired) electrons. The molecule has 1 amide bonds. The average Bonchev–Trinajstić information content (AvgIpc) is 2.72. The molecular formula is C24H24N2O4. The second-order valence-electron chi connectivity index (χ2n) is 7.96. The lowest BCUT2D eigenvalue weighted by Gasteiger charge is -2.24. The third-order valence-electron chi connectivity index (χ3n) is 4.36. The summed E-state index contributed by atoms with van der Waals surface area (Å²) in [6.07, 6.45) is -0.477. The Bertz CT molecular complexity index is 989. The zero-order chi connectivity index (χ0) is 21.7. The fraction of sp³-hybridized carbons (Fsp3) is 0.208. The lowest BCUT2D eigenvalue weighted by atomic mass is 10.0. The molecule has 3 aromatic rings. The number of non-ortho nitro benzene ring substituents is 1. The van der Waals surface area contributed by atoms with Crippen molar-refractivity contribution in [1.29, 1.82) is 0 Å². The molecule has 0 atom stereocenters. The molecule has 0 heterocycles. The van der Waals surface area contributed by atoms with Crippen molar-refractivity contribution in [3.8, 4) is 5.75 Å². The van der Waals surface area contributed by atoms with Crippen LogP contribution in [0.2, 0.25) is 0 Å². The number of nitrogens with one attached hydrogen (secondary N) is 1. The number of hydrogen-bond donors (Lipinski definition) is 1. The van der Waals surface area contributed by atoms with E-state index in [2.05, 4.69) is 5.32 Å². The van der Waals surface area contributed by atoms with Crippen LogP contribution >= 0.6 is 0 Å². The molecule has 6 nitrogen and oxygen atoms in total. The van der Waals surface area contributed by atoms with Crippen LogP contribution < -0.4 is 10.1 Å². The monoisotopic (exact) mass is 404 g/mol. The van der Waals surface area contributed by atoms with Gasteiger partial charge >= 0.3 is 0 Å². The fourth-order valence-corrected chi connectivity index (χ4v) is 3.03. The number of hydrogen-bond acceptors (Lipinski definition) is 4. The number of rotatable bonds is 6. The minimum atomic E-state index is -0.524. The van der Waals surface area contributed by atoms with Crippen LogP contribution in [0.4, 0.5) is 5.69 Å². The highest BCUT2D eigenvalue weighted by molar-refractivity contribution is 5.98. The second-order valence-corrected chi connectivity index (χ2v) is 7.96. The van der Waals surface area contributed by atoms with E-state index in [1.807, 2.05) is 81.4 Å². The van der Waals surface area contributed by atoms with E-state index < -0.39 is 22.5 Å². The van der Waals surface area contributed by atoms with Crippen molar-refractivity contribution in [2.45, 2.75) is 32.4 Å². The number of carbonyl (C=O) groups excluding carboxylic acids is 1. The Balaban J connectivity index is 2.06. The van der Waals surface area contributed by atoms with E-state index in [0.717, 1.165) is 11.1 Å².